The lowest BCUT2D eigenvalue weighted by Crippen LogP contribution is -2.25. The van der Waals surface area contributed by atoms with E-state index in [1.54, 1.807) is 0 Å². The van der Waals surface area contributed by atoms with Crippen LogP contribution in [0.5, 0.6) is 0 Å². The van der Waals surface area contributed by atoms with Crippen LogP contribution in [0.25, 0.3) is 0 Å². The van der Waals surface area contributed by atoms with Gasteiger partial charge in [-0.05, 0) is 55.1 Å². The van der Waals surface area contributed by atoms with E-state index in [-0.39, 0.29) is 5.91 Å². The van der Waals surface area contributed by atoms with Crippen molar-refractivity contribution < 1.29 is 4.79 Å². The molecule has 3 nitrogen and oxygen atoms in total. The van der Waals surface area contributed by atoms with Gasteiger partial charge in [0, 0.05) is 13.1 Å². The molecule has 1 heterocycles. The molecule has 1 N–H and O–H groups in total. The Morgan fingerprint density at radius 2 is 1.79 bits per heavy atom. The van der Waals surface area contributed by atoms with Gasteiger partial charge in [-0.1, -0.05) is 48.5 Å². The van der Waals surface area contributed by atoms with Gasteiger partial charge in [-0.15, -0.1) is 0 Å². The Kier molecular flexibility index (Phi) is 5.65. The molecule has 0 unspecified atom stereocenters. The molecule has 1 amide bonds. The molecule has 2 aromatic carbocycles. The smallest absolute Gasteiger partial charge is 0.224 e. The van der Waals surface area contributed by atoms with Crippen molar-refractivity contribution in [3.63, 3.8) is 0 Å². The Hall–Kier alpha value is -2.13. The zero-order valence-electron chi connectivity index (χ0n) is 14.4. The number of aryl methyl sites for hydroxylation is 1. The highest BCUT2D eigenvalue weighted by Gasteiger charge is 2.12. The highest BCUT2D eigenvalue weighted by Crippen LogP contribution is 2.14. The van der Waals surface area contributed by atoms with Crippen molar-refractivity contribution in [3.8, 4) is 0 Å². The predicted molar refractivity (Wildman–Crippen MR) is 97.7 cm³/mol. The number of nitrogens with one attached hydrogen (secondary N) is 1. The third-order valence-electron chi connectivity index (χ3n) is 4.70. The molecule has 0 spiro atoms. The van der Waals surface area contributed by atoms with Crippen molar-refractivity contribution in [1.82, 2.24) is 10.2 Å². The number of amides is 1. The van der Waals surface area contributed by atoms with Crippen LogP contribution in [0, 0.1) is 6.92 Å². The second-order valence-electron chi connectivity index (χ2n) is 6.68. The quantitative estimate of drug-likeness (QED) is 0.883. The number of rotatable bonds is 6. The maximum atomic E-state index is 12.2. The molecule has 3 rings (SSSR count). The summed E-state index contributed by atoms with van der Waals surface area (Å²) >= 11 is 0. The van der Waals surface area contributed by atoms with E-state index in [4.69, 9.17) is 0 Å². The summed E-state index contributed by atoms with van der Waals surface area (Å²) in [5.41, 5.74) is 4.77. The number of hydrogen-bond donors (Lipinski definition) is 1. The summed E-state index contributed by atoms with van der Waals surface area (Å²) in [7, 11) is 0. The third-order valence-corrected chi connectivity index (χ3v) is 4.70. The Morgan fingerprint density at radius 3 is 2.58 bits per heavy atom. The van der Waals surface area contributed by atoms with Gasteiger partial charge in [0.05, 0.1) is 6.42 Å². The van der Waals surface area contributed by atoms with E-state index >= 15 is 0 Å². The number of likely N-dealkylation sites (tertiary alicyclic amines) is 1. The lowest BCUT2D eigenvalue weighted by atomic mass is 10.1. The molecular formula is C21H26N2O. The zero-order valence-corrected chi connectivity index (χ0v) is 14.4. The van der Waals surface area contributed by atoms with E-state index < -0.39 is 0 Å². The van der Waals surface area contributed by atoms with Crippen molar-refractivity contribution in [2.75, 3.05) is 13.1 Å². The van der Waals surface area contributed by atoms with Crippen LogP contribution in [0.3, 0.4) is 0 Å². The number of carbonyl (C=O) groups excluding carboxylic acids is 1. The van der Waals surface area contributed by atoms with Gasteiger partial charge in [0.15, 0.2) is 0 Å². The molecule has 1 saturated heterocycles. The lowest BCUT2D eigenvalue weighted by molar-refractivity contribution is -0.120. The van der Waals surface area contributed by atoms with Crippen LogP contribution in [0.1, 0.15) is 35.1 Å². The fourth-order valence-electron chi connectivity index (χ4n) is 3.28. The van der Waals surface area contributed by atoms with Crippen molar-refractivity contribution in [1.29, 1.82) is 0 Å². The molecular weight excluding hydrogens is 296 g/mol. The summed E-state index contributed by atoms with van der Waals surface area (Å²) < 4.78 is 0. The lowest BCUT2D eigenvalue weighted by Gasteiger charge is -2.15. The van der Waals surface area contributed by atoms with E-state index in [0.717, 1.165) is 12.1 Å². The molecule has 24 heavy (non-hydrogen) atoms. The molecule has 1 aliphatic rings. The summed E-state index contributed by atoms with van der Waals surface area (Å²) in [4.78, 5) is 14.7. The Morgan fingerprint density at radius 1 is 1.04 bits per heavy atom. The largest absolute Gasteiger partial charge is 0.352 e. The normalized spacial score (nSPS) is 14.7. The van der Waals surface area contributed by atoms with Crippen molar-refractivity contribution in [2.45, 2.75) is 39.3 Å². The summed E-state index contributed by atoms with van der Waals surface area (Å²) in [6.07, 6.45) is 3.07. The first-order valence-corrected chi connectivity index (χ1v) is 8.82. The first-order valence-electron chi connectivity index (χ1n) is 8.82. The van der Waals surface area contributed by atoms with Gasteiger partial charge in [-0.2, -0.15) is 0 Å². The van der Waals surface area contributed by atoms with Crippen molar-refractivity contribution in [3.05, 3.63) is 70.8 Å². The second kappa shape index (κ2) is 8.11. The average molecular weight is 322 g/mol. The van der Waals surface area contributed by atoms with Gasteiger partial charge < -0.3 is 5.32 Å². The van der Waals surface area contributed by atoms with E-state index in [1.165, 1.54) is 42.6 Å². The first-order chi connectivity index (χ1) is 11.7. The van der Waals surface area contributed by atoms with Crippen molar-refractivity contribution in [2.24, 2.45) is 0 Å². The third kappa shape index (κ3) is 4.68. The van der Waals surface area contributed by atoms with Crippen LogP contribution >= 0.6 is 0 Å². The summed E-state index contributed by atoms with van der Waals surface area (Å²) in [6, 6.07) is 16.6. The van der Waals surface area contributed by atoms with Gasteiger partial charge in [0.25, 0.3) is 0 Å². The Bertz CT molecular complexity index is 690. The fraction of sp³-hybridized carbons (Fsp3) is 0.381. The van der Waals surface area contributed by atoms with Gasteiger partial charge in [-0.3, -0.25) is 9.69 Å². The molecule has 1 fully saturated rings. The van der Waals surface area contributed by atoms with E-state index in [0.29, 0.717) is 13.0 Å². The Labute approximate surface area is 144 Å². The number of benzene rings is 2. The summed E-state index contributed by atoms with van der Waals surface area (Å²) in [5.74, 6) is 0.0780. The molecule has 0 aliphatic carbocycles. The zero-order chi connectivity index (χ0) is 16.8. The maximum Gasteiger partial charge on any atom is 0.224 e. The minimum absolute atomic E-state index is 0.0780. The van der Waals surface area contributed by atoms with Crippen LogP contribution in [0.4, 0.5) is 0 Å². The van der Waals surface area contributed by atoms with Gasteiger partial charge in [0.1, 0.15) is 0 Å². The highest BCUT2D eigenvalue weighted by atomic mass is 16.1. The monoisotopic (exact) mass is 322 g/mol. The number of nitrogens with zero attached hydrogens (tertiary/aromatic N) is 1. The highest BCUT2D eigenvalue weighted by molar-refractivity contribution is 5.78. The molecule has 2 aromatic rings. The van der Waals surface area contributed by atoms with Crippen molar-refractivity contribution >= 4 is 5.91 Å². The maximum absolute atomic E-state index is 12.2. The molecule has 0 bridgehead atoms. The Balaban J connectivity index is 1.52. The standard InChI is InChI=1S/C21H26N2O/c1-17-7-2-3-10-20(17)14-21(24)22-15-18-8-6-9-19(13-18)16-23-11-4-5-12-23/h2-3,6-10,13H,4-5,11-12,14-16H2,1H3,(H,22,24). The topological polar surface area (TPSA) is 32.3 Å². The average Bonchev–Trinajstić information content (AvgIpc) is 3.08. The van der Waals surface area contributed by atoms with E-state index in [1.807, 2.05) is 31.2 Å². The van der Waals surface area contributed by atoms with Crippen LogP contribution < -0.4 is 5.32 Å². The predicted octanol–water partition coefficient (Wildman–Crippen LogP) is 3.45. The van der Waals surface area contributed by atoms with Crippen LogP contribution in [-0.4, -0.2) is 23.9 Å². The number of hydrogen-bond acceptors (Lipinski definition) is 2. The van der Waals surface area contributed by atoms with Crippen LogP contribution in [0.2, 0.25) is 0 Å². The molecule has 3 heteroatoms. The molecule has 0 saturated carbocycles. The second-order valence-corrected chi connectivity index (χ2v) is 6.68. The molecule has 0 atom stereocenters. The van der Waals surface area contributed by atoms with E-state index in [2.05, 4.69) is 34.5 Å². The van der Waals surface area contributed by atoms with Crippen LogP contribution in [0.15, 0.2) is 48.5 Å². The summed E-state index contributed by atoms with van der Waals surface area (Å²) in [5, 5.41) is 3.04. The molecule has 0 aromatic heterocycles. The first kappa shape index (κ1) is 16.7. The van der Waals surface area contributed by atoms with Gasteiger partial charge in [-0.25, -0.2) is 0 Å². The minimum atomic E-state index is 0.0780. The molecule has 126 valence electrons. The van der Waals surface area contributed by atoms with Crippen LogP contribution in [-0.2, 0) is 24.3 Å². The summed E-state index contributed by atoms with van der Waals surface area (Å²) in [6.45, 7) is 6.07. The van der Waals surface area contributed by atoms with E-state index in [9.17, 15) is 4.79 Å². The van der Waals surface area contributed by atoms with Gasteiger partial charge in [0.2, 0.25) is 5.91 Å². The fourth-order valence-corrected chi connectivity index (χ4v) is 3.28. The number of carbonyl (C=O) groups is 1. The minimum Gasteiger partial charge on any atom is -0.352 e. The SMILES string of the molecule is Cc1ccccc1CC(=O)NCc1cccc(CN2CCCC2)c1. The van der Waals surface area contributed by atoms with Gasteiger partial charge >= 0.3 is 0 Å². The molecule has 1 aliphatic heterocycles. The molecule has 0 radical (unpaired) electrons.